The number of thiocarbonyl (C=S) groups is 1. The molecule has 0 bridgehead atoms. The molecular weight excluding hydrogens is 519 g/mol. The van der Waals surface area contributed by atoms with Crippen LogP contribution in [0.5, 0.6) is 11.5 Å². The summed E-state index contributed by atoms with van der Waals surface area (Å²) < 4.78 is 17.0. The molecule has 0 fully saturated rings. The molecule has 0 saturated heterocycles. The van der Waals surface area contributed by atoms with Crippen molar-refractivity contribution in [3.8, 4) is 11.5 Å². The topological polar surface area (TPSA) is 68.8 Å². The third kappa shape index (κ3) is 5.59. The molecule has 3 aromatic rings. The molecule has 1 aliphatic heterocycles. The molecule has 3 aromatic carbocycles. The maximum absolute atomic E-state index is 13.1. The highest BCUT2D eigenvalue weighted by Gasteiger charge is 2.33. The number of rotatable bonds is 8. The van der Waals surface area contributed by atoms with Crippen molar-refractivity contribution in [3.63, 3.8) is 0 Å². The molecule has 2 N–H and O–H groups in total. The number of esters is 1. The Labute approximate surface area is 225 Å². The van der Waals surface area contributed by atoms with Gasteiger partial charge in [0.05, 0.1) is 31.0 Å². The van der Waals surface area contributed by atoms with Crippen molar-refractivity contribution in [2.24, 2.45) is 0 Å². The first kappa shape index (κ1) is 25.8. The summed E-state index contributed by atoms with van der Waals surface area (Å²) in [6.45, 7) is 2.17. The molecule has 0 saturated carbocycles. The van der Waals surface area contributed by atoms with E-state index in [1.165, 1.54) is 0 Å². The maximum atomic E-state index is 13.1. The van der Waals surface area contributed by atoms with Gasteiger partial charge in [0.2, 0.25) is 0 Å². The van der Waals surface area contributed by atoms with Crippen molar-refractivity contribution in [1.29, 1.82) is 0 Å². The fourth-order valence-corrected chi connectivity index (χ4v) is 4.61. The zero-order chi connectivity index (χ0) is 25.7. The Bertz CT molecular complexity index is 1290. The first-order valence-electron chi connectivity index (χ1n) is 11.2. The molecule has 0 spiro atoms. The smallest absolute Gasteiger partial charge is 0.338 e. The number of methoxy groups -OCH3 is 1. The van der Waals surface area contributed by atoms with Gasteiger partial charge in [0.25, 0.3) is 0 Å². The van der Waals surface area contributed by atoms with Gasteiger partial charge in [-0.2, -0.15) is 0 Å². The van der Waals surface area contributed by atoms with Crippen molar-refractivity contribution in [2.75, 3.05) is 13.7 Å². The lowest BCUT2D eigenvalue weighted by Gasteiger charge is -2.31. The monoisotopic (exact) mass is 542 g/mol. The van der Waals surface area contributed by atoms with Gasteiger partial charge in [0.15, 0.2) is 16.6 Å². The third-order valence-electron chi connectivity index (χ3n) is 5.58. The van der Waals surface area contributed by atoms with Gasteiger partial charge < -0.3 is 24.8 Å². The number of carbonyl (C=O) groups is 1. The van der Waals surface area contributed by atoms with Crippen molar-refractivity contribution in [2.45, 2.75) is 19.6 Å². The average molecular weight is 543 g/mol. The minimum atomic E-state index is -0.575. The summed E-state index contributed by atoms with van der Waals surface area (Å²) in [5.74, 6) is 0.529. The molecule has 4 rings (SSSR count). The van der Waals surface area contributed by atoms with Crippen LogP contribution in [0.3, 0.4) is 0 Å². The normalized spacial score (nSPS) is 15.1. The second kappa shape index (κ2) is 11.6. The second-order valence-electron chi connectivity index (χ2n) is 7.81. The number of halogens is 2. The molecule has 0 aliphatic carbocycles. The first-order valence-corrected chi connectivity index (χ1v) is 12.4. The van der Waals surface area contributed by atoms with Crippen LogP contribution in [-0.4, -0.2) is 24.8 Å². The van der Waals surface area contributed by atoms with E-state index >= 15 is 0 Å². The van der Waals surface area contributed by atoms with Crippen molar-refractivity contribution in [3.05, 3.63) is 99.0 Å². The van der Waals surface area contributed by atoms with Crippen LogP contribution in [0.25, 0.3) is 5.70 Å². The average Bonchev–Trinajstić information content (AvgIpc) is 2.88. The summed E-state index contributed by atoms with van der Waals surface area (Å²) in [6, 6.07) is 19.6. The van der Waals surface area contributed by atoms with E-state index in [0.29, 0.717) is 43.5 Å². The van der Waals surface area contributed by atoms with E-state index < -0.39 is 12.0 Å². The fourth-order valence-electron chi connectivity index (χ4n) is 3.88. The molecule has 6 nitrogen and oxygen atoms in total. The Morgan fingerprint density at radius 3 is 2.39 bits per heavy atom. The molecule has 1 atom stereocenters. The van der Waals surface area contributed by atoms with Gasteiger partial charge in [0, 0.05) is 15.6 Å². The molecule has 1 heterocycles. The molecule has 9 heteroatoms. The van der Waals surface area contributed by atoms with Gasteiger partial charge in [-0.1, -0.05) is 65.7 Å². The van der Waals surface area contributed by atoms with Gasteiger partial charge in [-0.3, -0.25) is 0 Å². The SMILES string of the molecule is CCOC(=O)C1=C(c2ccccc2)NC(=S)N[C@@H]1c1ccc(OCc2c(Cl)cccc2Cl)c(OC)c1. The Hall–Kier alpha value is -3.26. The standard InChI is InChI=1S/C27H24Cl2N2O4S/c1-3-34-26(32)23-24(16-8-5-4-6-9-16)30-27(36)31-25(23)17-12-13-21(22(14-17)33-2)35-15-18-19(28)10-7-11-20(18)29/h4-14,25H,3,15H2,1-2H3,(H2,30,31,36)/t25-/m1/s1. The van der Waals surface area contributed by atoms with Crippen molar-refractivity contribution >= 4 is 52.2 Å². The van der Waals surface area contributed by atoms with Crippen molar-refractivity contribution in [1.82, 2.24) is 10.6 Å². The highest BCUT2D eigenvalue weighted by atomic mass is 35.5. The molecule has 1 aliphatic rings. The maximum Gasteiger partial charge on any atom is 0.338 e. The molecular formula is C27H24Cl2N2O4S. The van der Waals surface area contributed by atoms with E-state index in [4.69, 9.17) is 49.6 Å². The van der Waals surface area contributed by atoms with Gasteiger partial charge in [-0.15, -0.1) is 0 Å². The number of ether oxygens (including phenoxy) is 3. The number of carbonyl (C=O) groups excluding carboxylic acids is 1. The first-order chi connectivity index (χ1) is 17.4. The predicted octanol–water partition coefficient (Wildman–Crippen LogP) is 6.07. The van der Waals surface area contributed by atoms with Crippen LogP contribution in [0.2, 0.25) is 10.0 Å². The van der Waals surface area contributed by atoms with E-state index in [-0.39, 0.29) is 13.2 Å². The largest absolute Gasteiger partial charge is 0.493 e. The predicted molar refractivity (Wildman–Crippen MR) is 145 cm³/mol. The van der Waals surface area contributed by atoms with Crippen LogP contribution >= 0.6 is 35.4 Å². The van der Waals surface area contributed by atoms with Crippen LogP contribution in [0.4, 0.5) is 0 Å². The van der Waals surface area contributed by atoms with Crippen LogP contribution < -0.4 is 20.1 Å². The molecule has 0 amide bonds. The summed E-state index contributed by atoms with van der Waals surface area (Å²) in [6.07, 6.45) is 0. The van der Waals surface area contributed by atoms with Gasteiger partial charge >= 0.3 is 5.97 Å². The van der Waals surface area contributed by atoms with Crippen molar-refractivity contribution < 1.29 is 19.0 Å². The van der Waals surface area contributed by atoms with Gasteiger partial charge in [-0.05, 0) is 54.5 Å². The van der Waals surface area contributed by atoms with E-state index in [0.717, 1.165) is 11.1 Å². The van der Waals surface area contributed by atoms with Crippen LogP contribution in [0.1, 0.15) is 29.7 Å². The lowest BCUT2D eigenvalue weighted by Crippen LogP contribution is -2.45. The second-order valence-corrected chi connectivity index (χ2v) is 9.03. The zero-order valence-corrected chi connectivity index (χ0v) is 22.0. The summed E-state index contributed by atoms with van der Waals surface area (Å²) >= 11 is 18.0. The quantitative estimate of drug-likeness (QED) is 0.264. The number of benzene rings is 3. The van der Waals surface area contributed by atoms with E-state index in [1.807, 2.05) is 36.4 Å². The Balaban J connectivity index is 1.71. The number of nitrogens with one attached hydrogen (secondary N) is 2. The van der Waals surface area contributed by atoms with Crippen LogP contribution in [0.15, 0.2) is 72.3 Å². The summed E-state index contributed by atoms with van der Waals surface area (Å²) in [5, 5.41) is 7.75. The summed E-state index contributed by atoms with van der Waals surface area (Å²) in [4.78, 5) is 13.1. The van der Waals surface area contributed by atoms with E-state index in [9.17, 15) is 4.79 Å². The number of hydrogen-bond acceptors (Lipinski definition) is 5. The molecule has 36 heavy (non-hydrogen) atoms. The molecule has 0 aromatic heterocycles. The summed E-state index contributed by atoms with van der Waals surface area (Å²) in [7, 11) is 1.55. The summed E-state index contributed by atoms with van der Waals surface area (Å²) in [5.41, 5.74) is 3.25. The van der Waals surface area contributed by atoms with E-state index in [1.54, 1.807) is 44.4 Å². The Morgan fingerprint density at radius 2 is 1.72 bits per heavy atom. The van der Waals surface area contributed by atoms with Gasteiger partial charge in [-0.25, -0.2) is 4.79 Å². The third-order valence-corrected chi connectivity index (χ3v) is 6.51. The molecule has 0 radical (unpaired) electrons. The lowest BCUT2D eigenvalue weighted by molar-refractivity contribution is -0.138. The van der Waals surface area contributed by atoms with Crippen LogP contribution in [-0.2, 0) is 16.1 Å². The van der Waals surface area contributed by atoms with Crippen LogP contribution in [0, 0.1) is 0 Å². The minimum absolute atomic E-state index is 0.163. The number of hydrogen-bond donors (Lipinski definition) is 2. The molecule has 0 unspecified atom stereocenters. The molecule has 186 valence electrons. The lowest BCUT2D eigenvalue weighted by atomic mass is 9.92. The highest BCUT2D eigenvalue weighted by molar-refractivity contribution is 7.80. The zero-order valence-electron chi connectivity index (χ0n) is 19.6. The van der Waals surface area contributed by atoms with E-state index in [2.05, 4.69) is 10.6 Å². The minimum Gasteiger partial charge on any atom is -0.493 e. The fraction of sp³-hybridized carbons (Fsp3) is 0.185. The van der Waals surface area contributed by atoms with Gasteiger partial charge in [0.1, 0.15) is 6.61 Å². The highest BCUT2D eigenvalue weighted by Crippen LogP contribution is 2.37. The Kier molecular flexibility index (Phi) is 8.36. The Morgan fingerprint density at radius 1 is 1.00 bits per heavy atom.